The van der Waals surface area contributed by atoms with Crippen molar-refractivity contribution in [1.82, 2.24) is 26.7 Å². The maximum atomic E-state index is 8.99. The zero-order valence-corrected chi connectivity index (χ0v) is 13.3. The average Bonchev–Trinajstić information content (AvgIpc) is 3.00. The van der Waals surface area contributed by atoms with E-state index in [1.807, 2.05) is 6.92 Å². The lowest BCUT2D eigenvalue weighted by Gasteiger charge is -2.34. The van der Waals surface area contributed by atoms with Crippen LogP contribution in [0.2, 0.25) is 0 Å². The van der Waals surface area contributed by atoms with Gasteiger partial charge in [0.1, 0.15) is 6.23 Å². The molecular weight excluding hydrogens is 280 g/mol. The first-order valence-corrected chi connectivity index (χ1v) is 8.51. The Balaban J connectivity index is 1.35. The third-order valence-corrected chi connectivity index (χ3v) is 5.13. The number of hydrogen-bond donors (Lipinski definition) is 5. The normalized spacial score (nSPS) is 42.9. The highest BCUT2D eigenvalue weighted by Crippen LogP contribution is 2.31. The molecule has 0 aromatic heterocycles. The van der Waals surface area contributed by atoms with Crippen molar-refractivity contribution in [2.24, 2.45) is 11.8 Å². The van der Waals surface area contributed by atoms with Crippen molar-refractivity contribution < 1.29 is 4.84 Å². The molecule has 7 nitrogen and oxygen atoms in total. The topological polar surface area (TPSA) is 93.2 Å². The smallest absolute Gasteiger partial charge is 0.128 e. The summed E-state index contributed by atoms with van der Waals surface area (Å²) in [6.45, 7) is 3.78. The fourth-order valence-corrected chi connectivity index (χ4v) is 3.72. The van der Waals surface area contributed by atoms with Gasteiger partial charge in [-0.05, 0) is 51.0 Å². The zero-order valence-electron chi connectivity index (χ0n) is 13.3. The van der Waals surface area contributed by atoms with Crippen LogP contribution in [0.4, 0.5) is 0 Å². The van der Waals surface area contributed by atoms with Crippen molar-refractivity contribution in [3.63, 3.8) is 0 Å². The minimum Gasteiger partial charge on any atom is -0.302 e. The Hall–Kier alpha value is -0.750. The fraction of sp³-hybridized carbons (Fsp3) is 0.933. The van der Waals surface area contributed by atoms with Crippen LogP contribution in [-0.2, 0) is 4.84 Å². The molecule has 4 unspecified atom stereocenters. The van der Waals surface area contributed by atoms with Gasteiger partial charge in [0, 0.05) is 13.1 Å². The molecule has 3 fully saturated rings. The fourth-order valence-electron chi connectivity index (χ4n) is 3.72. The van der Waals surface area contributed by atoms with E-state index in [1.165, 1.54) is 25.7 Å². The first-order valence-electron chi connectivity index (χ1n) is 8.51. The van der Waals surface area contributed by atoms with Crippen molar-refractivity contribution in [3.05, 3.63) is 0 Å². The summed E-state index contributed by atoms with van der Waals surface area (Å²) in [7, 11) is 0. The van der Waals surface area contributed by atoms with Crippen LogP contribution in [0.25, 0.3) is 0 Å². The summed E-state index contributed by atoms with van der Waals surface area (Å²) in [6.07, 6.45) is 6.53. The number of nitrogens with one attached hydrogen (secondary N) is 5. The van der Waals surface area contributed by atoms with Gasteiger partial charge in [-0.15, -0.1) is 0 Å². The summed E-state index contributed by atoms with van der Waals surface area (Å²) in [5.41, 5.74) is 3.11. The molecule has 1 saturated carbocycles. The third kappa shape index (κ3) is 4.16. The highest BCUT2D eigenvalue weighted by atomic mass is 16.7. The van der Waals surface area contributed by atoms with Crippen LogP contribution in [-0.4, -0.2) is 37.8 Å². The summed E-state index contributed by atoms with van der Waals surface area (Å²) in [6, 6.07) is 2.26. The molecule has 4 atom stereocenters. The molecule has 1 aliphatic carbocycles. The second-order valence-electron chi connectivity index (χ2n) is 6.77. The van der Waals surface area contributed by atoms with Gasteiger partial charge in [-0.1, -0.05) is 0 Å². The minimum absolute atomic E-state index is 0.0315. The molecule has 5 N–H and O–H groups in total. The van der Waals surface area contributed by atoms with Crippen LogP contribution in [0.1, 0.15) is 39.0 Å². The third-order valence-electron chi connectivity index (χ3n) is 5.13. The molecule has 0 radical (unpaired) electrons. The number of nitriles is 1. The summed E-state index contributed by atoms with van der Waals surface area (Å²) in [5, 5.41) is 22.5. The van der Waals surface area contributed by atoms with Gasteiger partial charge in [0.15, 0.2) is 0 Å². The highest BCUT2D eigenvalue weighted by Gasteiger charge is 2.32. The lowest BCUT2D eigenvalue weighted by Crippen LogP contribution is -2.56. The average molecular weight is 308 g/mol. The maximum absolute atomic E-state index is 8.99. The van der Waals surface area contributed by atoms with Crippen LogP contribution in [0.15, 0.2) is 0 Å². The minimum atomic E-state index is -0.0315. The van der Waals surface area contributed by atoms with Crippen molar-refractivity contribution in [2.75, 3.05) is 13.2 Å². The van der Waals surface area contributed by atoms with E-state index < -0.39 is 0 Å². The standard InChI is InChI=1S/C15H28N6O/c1-10-20-15(21-22-10)12-4-2-11(3-5-12)8-17-14-6-13(7-16)18-9-19-14/h10-15,17-21H,2-6,8-9H2,1H3. The van der Waals surface area contributed by atoms with E-state index >= 15 is 0 Å². The van der Waals surface area contributed by atoms with E-state index in [-0.39, 0.29) is 18.4 Å². The Bertz CT molecular complexity index is 392. The van der Waals surface area contributed by atoms with Crippen LogP contribution in [0.3, 0.4) is 0 Å². The predicted octanol–water partition coefficient (Wildman–Crippen LogP) is -0.0624. The lowest BCUT2D eigenvalue weighted by molar-refractivity contribution is 0.0251. The zero-order chi connectivity index (χ0) is 15.4. The van der Waals surface area contributed by atoms with E-state index in [4.69, 9.17) is 10.1 Å². The maximum Gasteiger partial charge on any atom is 0.128 e. The highest BCUT2D eigenvalue weighted by molar-refractivity contribution is 4.95. The van der Waals surface area contributed by atoms with Crippen molar-refractivity contribution in [1.29, 1.82) is 5.26 Å². The van der Waals surface area contributed by atoms with Gasteiger partial charge in [-0.2, -0.15) is 10.7 Å². The molecule has 3 aliphatic rings. The number of hydroxylamine groups is 1. The SMILES string of the molecule is CC1NC(C2CCC(CNC3CC(C#N)NCN3)CC2)NO1. The van der Waals surface area contributed by atoms with E-state index in [0.717, 1.165) is 18.9 Å². The molecule has 0 spiro atoms. The van der Waals surface area contributed by atoms with Crippen molar-refractivity contribution in [2.45, 2.75) is 63.6 Å². The largest absolute Gasteiger partial charge is 0.302 e. The first kappa shape index (κ1) is 16.1. The summed E-state index contributed by atoms with van der Waals surface area (Å²) < 4.78 is 0. The molecule has 2 heterocycles. The molecule has 2 saturated heterocycles. The number of rotatable bonds is 4. The summed E-state index contributed by atoms with van der Waals surface area (Å²) in [4.78, 5) is 5.38. The molecule has 0 aromatic rings. The Morgan fingerprint density at radius 3 is 2.73 bits per heavy atom. The Morgan fingerprint density at radius 1 is 1.23 bits per heavy atom. The Morgan fingerprint density at radius 2 is 2.05 bits per heavy atom. The summed E-state index contributed by atoms with van der Waals surface area (Å²) >= 11 is 0. The van der Waals surface area contributed by atoms with Gasteiger partial charge in [-0.25, -0.2) is 0 Å². The quantitative estimate of drug-likeness (QED) is 0.497. The molecule has 2 aliphatic heterocycles. The van der Waals surface area contributed by atoms with Gasteiger partial charge in [0.2, 0.25) is 0 Å². The van der Waals surface area contributed by atoms with E-state index in [0.29, 0.717) is 18.8 Å². The van der Waals surface area contributed by atoms with Crippen LogP contribution >= 0.6 is 0 Å². The van der Waals surface area contributed by atoms with E-state index in [9.17, 15) is 0 Å². The molecule has 0 amide bonds. The van der Waals surface area contributed by atoms with Gasteiger partial charge in [0.25, 0.3) is 0 Å². The predicted molar refractivity (Wildman–Crippen MR) is 83.0 cm³/mol. The van der Waals surface area contributed by atoms with Crippen LogP contribution in [0.5, 0.6) is 0 Å². The van der Waals surface area contributed by atoms with Crippen LogP contribution in [0, 0.1) is 23.2 Å². The first-order chi connectivity index (χ1) is 10.7. The monoisotopic (exact) mass is 308 g/mol. The summed E-state index contributed by atoms with van der Waals surface area (Å²) in [5.74, 6) is 1.41. The molecule has 0 aromatic carbocycles. The molecule has 124 valence electrons. The van der Waals surface area contributed by atoms with Crippen molar-refractivity contribution in [3.8, 4) is 6.07 Å². The van der Waals surface area contributed by atoms with Gasteiger partial charge in [-0.3, -0.25) is 20.8 Å². The second-order valence-corrected chi connectivity index (χ2v) is 6.77. The molecule has 3 rings (SSSR count). The van der Waals surface area contributed by atoms with Gasteiger partial charge < -0.3 is 5.32 Å². The number of hydrogen-bond acceptors (Lipinski definition) is 7. The second kappa shape index (κ2) is 7.68. The Kier molecular flexibility index (Phi) is 5.63. The van der Waals surface area contributed by atoms with E-state index in [1.54, 1.807) is 0 Å². The van der Waals surface area contributed by atoms with Gasteiger partial charge >= 0.3 is 0 Å². The van der Waals surface area contributed by atoms with E-state index in [2.05, 4.69) is 32.8 Å². The van der Waals surface area contributed by atoms with Crippen LogP contribution < -0.4 is 26.7 Å². The van der Waals surface area contributed by atoms with Gasteiger partial charge in [0.05, 0.1) is 24.4 Å². The molecule has 0 bridgehead atoms. The molecular formula is C15H28N6O. The Labute approximate surface area is 132 Å². The lowest BCUT2D eigenvalue weighted by atomic mass is 9.80. The molecule has 7 heteroatoms. The van der Waals surface area contributed by atoms with Crippen molar-refractivity contribution >= 4 is 0 Å². The molecule has 22 heavy (non-hydrogen) atoms. The number of nitrogens with zero attached hydrogens (tertiary/aromatic N) is 1.